The van der Waals surface area contributed by atoms with E-state index in [1.165, 1.54) is 5.57 Å². The van der Waals surface area contributed by atoms with Gasteiger partial charge >= 0.3 is 0 Å². The van der Waals surface area contributed by atoms with Gasteiger partial charge in [0.05, 0.1) is 0 Å². The van der Waals surface area contributed by atoms with Crippen LogP contribution in [-0.4, -0.2) is 5.91 Å². The van der Waals surface area contributed by atoms with Crippen molar-refractivity contribution in [1.29, 1.82) is 0 Å². The molecule has 0 aromatic rings. The number of piperidine rings is 1. The van der Waals surface area contributed by atoms with Crippen LogP contribution in [0.4, 0.5) is 0 Å². The number of hydrogen-bond donors (Lipinski definition) is 1. The van der Waals surface area contributed by atoms with Crippen molar-refractivity contribution in [2.24, 2.45) is 11.8 Å². The van der Waals surface area contributed by atoms with Gasteiger partial charge in [-0.15, -0.1) is 0 Å². The maximum absolute atomic E-state index is 11.2. The van der Waals surface area contributed by atoms with E-state index in [2.05, 4.69) is 31.3 Å². The first-order valence-electron chi connectivity index (χ1n) is 5.37. The molecule has 1 fully saturated rings. The van der Waals surface area contributed by atoms with E-state index in [9.17, 15) is 4.79 Å². The van der Waals surface area contributed by atoms with Crippen LogP contribution in [0.1, 0.15) is 33.1 Å². The molecule has 0 aromatic heterocycles. The molecule has 0 saturated carbocycles. The van der Waals surface area contributed by atoms with E-state index in [4.69, 9.17) is 0 Å². The summed E-state index contributed by atoms with van der Waals surface area (Å²) in [6.07, 6.45) is 7.08. The third-order valence-corrected chi connectivity index (χ3v) is 3.14. The Hall–Kier alpha value is -1.05. The first-order chi connectivity index (χ1) is 6.66. The van der Waals surface area contributed by atoms with Crippen LogP contribution in [0.15, 0.2) is 23.4 Å². The average Bonchev–Trinajstić information content (AvgIpc) is 2.16. The molecule has 0 bridgehead atoms. The number of carbonyl (C=O) groups is 1. The monoisotopic (exact) mass is 191 g/mol. The van der Waals surface area contributed by atoms with Gasteiger partial charge in [-0.25, -0.2) is 0 Å². The van der Waals surface area contributed by atoms with Crippen molar-refractivity contribution in [2.75, 3.05) is 0 Å². The second-order valence-electron chi connectivity index (χ2n) is 4.51. The first-order valence-corrected chi connectivity index (χ1v) is 5.37. The van der Waals surface area contributed by atoms with Crippen LogP contribution in [0.2, 0.25) is 0 Å². The Morgan fingerprint density at radius 2 is 2.21 bits per heavy atom. The van der Waals surface area contributed by atoms with Gasteiger partial charge in [0.2, 0.25) is 5.91 Å². The molecule has 0 spiro atoms. The fourth-order valence-electron chi connectivity index (χ4n) is 2.15. The standard InChI is InChI=1S/C12H17NO/c1-8(2)9-3-5-11-10(7-9)4-6-12(14)13-11/h3,5,8,10H,4,6-7H2,1-2H3,(H,13,14). The first kappa shape index (κ1) is 9.50. The predicted octanol–water partition coefficient (Wildman–Crippen LogP) is 2.38. The second-order valence-corrected chi connectivity index (χ2v) is 4.51. The van der Waals surface area contributed by atoms with Crippen LogP contribution in [0.25, 0.3) is 0 Å². The van der Waals surface area contributed by atoms with Gasteiger partial charge in [0.15, 0.2) is 0 Å². The Morgan fingerprint density at radius 3 is 2.93 bits per heavy atom. The van der Waals surface area contributed by atoms with Gasteiger partial charge in [-0.2, -0.15) is 0 Å². The summed E-state index contributed by atoms with van der Waals surface area (Å²) in [6, 6.07) is 0. The Bertz CT molecular complexity index is 312. The van der Waals surface area contributed by atoms with Crippen LogP contribution >= 0.6 is 0 Å². The molecular weight excluding hydrogens is 174 g/mol. The molecule has 0 aromatic carbocycles. The van der Waals surface area contributed by atoms with E-state index in [-0.39, 0.29) is 5.91 Å². The van der Waals surface area contributed by atoms with Gasteiger partial charge in [-0.1, -0.05) is 25.5 Å². The topological polar surface area (TPSA) is 29.1 Å². The molecule has 14 heavy (non-hydrogen) atoms. The molecule has 1 atom stereocenters. The molecular formula is C12H17NO. The molecule has 2 rings (SSSR count). The molecule has 1 aliphatic heterocycles. The van der Waals surface area contributed by atoms with Gasteiger partial charge in [-0.3, -0.25) is 4.79 Å². The van der Waals surface area contributed by atoms with Gasteiger partial charge in [0, 0.05) is 18.0 Å². The number of hydrogen-bond acceptors (Lipinski definition) is 1. The fraction of sp³-hybridized carbons (Fsp3) is 0.583. The molecule has 1 aliphatic carbocycles. The second kappa shape index (κ2) is 3.60. The molecule has 1 amide bonds. The van der Waals surface area contributed by atoms with Crippen LogP contribution < -0.4 is 5.32 Å². The zero-order valence-corrected chi connectivity index (χ0v) is 8.84. The fourth-order valence-corrected chi connectivity index (χ4v) is 2.15. The highest BCUT2D eigenvalue weighted by Gasteiger charge is 2.26. The highest BCUT2D eigenvalue weighted by atomic mass is 16.1. The summed E-state index contributed by atoms with van der Waals surface area (Å²) < 4.78 is 0. The summed E-state index contributed by atoms with van der Waals surface area (Å²) in [7, 11) is 0. The summed E-state index contributed by atoms with van der Waals surface area (Å²) in [6.45, 7) is 4.46. The minimum atomic E-state index is 0.175. The number of nitrogens with one attached hydrogen (secondary N) is 1. The van der Waals surface area contributed by atoms with Crippen molar-refractivity contribution in [3.63, 3.8) is 0 Å². The lowest BCUT2D eigenvalue weighted by molar-refractivity contribution is -0.121. The Labute approximate surface area is 85.1 Å². The molecule has 76 valence electrons. The van der Waals surface area contributed by atoms with E-state index in [0.717, 1.165) is 18.5 Å². The van der Waals surface area contributed by atoms with E-state index >= 15 is 0 Å². The lowest BCUT2D eigenvalue weighted by Gasteiger charge is -2.30. The van der Waals surface area contributed by atoms with Gasteiger partial charge in [0.1, 0.15) is 0 Å². The minimum absolute atomic E-state index is 0.175. The maximum atomic E-state index is 11.2. The zero-order chi connectivity index (χ0) is 10.1. The molecule has 1 heterocycles. The lowest BCUT2D eigenvalue weighted by atomic mass is 9.82. The van der Waals surface area contributed by atoms with Crippen LogP contribution in [-0.2, 0) is 4.79 Å². The summed E-state index contributed by atoms with van der Waals surface area (Å²) in [4.78, 5) is 11.2. The number of fused-ring (bicyclic) bond motifs is 1. The highest BCUT2D eigenvalue weighted by Crippen LogP contribution is 2.33. The number of allylic oxidation sites excluding steroid dienone is 4. The molecule has 1 unspecified atom stereocenters. The number of carbonyl (C=O) groups excluding carboxylic acids is 1. The van der Waals surface area contributed by atoms with Gasteiger partial charge in [0.25, 0.3) is 0 Å². The van der Waals surface area contributed by atoms with Crippen LogP contribution in [0, 0.1) is 11.8 Å². The van der Waals surface area contributed by atoms with E-state index in [1.807, 2.05) is 0 Å². The Morgan fingerprint density at radius 1 is 1.43 bits per heavy atom. The minimum Gasteiger partial charge on any atom is -0.329 e. The quantitative estimate of drug-likeness (QED) is 0.677. The number of amides is 1. The number of rotatable bonds is 1. The van der Waals surface area contributed by atoms with Crippen LogP contribution in [0.3, 0.4) is 0 Å². The molecule has 2 aliphatic rings. The van der Waals surface area contributed by atoms with Crippen molar-refractivity contribution >= 4 is 5.91 Å². The third kappa shape index (κ3) is 1.74. The molecule has 2 heteroatoms. The Balaban J connectivity index is 2.16. The van der Waals surface area contributed by atoms with Gasteiger partial charge < -0.3 is 5.32 Å². The summed E-state index contributed by atoms with van der Waals surface area (Å²) in [5, 5.41) is 2.96. The van der Waals surface area contributed by atoms with E-state index in [0.29, 0.717) is 18.3 Å². The normalized spacial score (nSPS) is 26.5. The summed E-state index contributed by atoms with van der Waals surface area (Å²) in [5.41, 5.74) is 2.64. The zero-order valence-electron chi connectivity index (χ0n) is 8.84. The summed E-state index contributed by atoms with van der Waals surface area (Å²) >= 11 is 0. The average molecular weight is 191 g/mol. The van der Waals surface area contributed by atoms with Crippen molar-refractivity contribution in [1.82, 2.24) is 5.32 Å². The molecule has 2 nitrogen and oxygen atoms in total. The molecule has 1 N–H and O–H groups in total. The van der Waals surface area contributed by atoms with Gasteiger partial charge in [-0.05, 0) is 24.8 Å². The van der Waals surface area contributed by atoms with Crippen LogP contribution in [0.5, 0.6) is 0 Å². The lowest BCUT2D eigenvalue weighted by Crippen LogP contribution is -2.34. The van der Waals surface area contributed by atoms with E-state index < -0.39 is 0 Å². The summed E-state index contributed by atoms with van der Waals surface area (Å²) in [5.74, 6) is 1.37. The van der Waals surface area contributed by atoms with Crippen molar-refractivity contribution in [3.8, 4) is 0 Å². The third-order valence-electron chi connectivity index (χ3n) is 3.14. The molecule has 1 saturated heterocycles. The maximum Gasteiger partial charge on any atom is 0.224 e. The predicted molar refractivity (Wildman–Crippen MR) is 56.5 cm³/mol. The smallest absolute Gasteiger partial charge is 0.224 e. The van der Waals surface area contributed by atoms with Crippen molar-refractivity contribution in [2.45, 2.75) is 33.1 Å². The largest absolute Gasteiger partial charge is 0.329 e. The van der Waals surface area contributed by atoms with E-state index in [1.54, 1.807) is 0 Å². The highest BCUT2D eigenvalue weighted by molar-refractivity contribution is 5.79. The van der Waals surface area contributed by atoms with Crippen molar-refractivity contribution in [3.05, 3.63) is 23.4 Å². The van der Waals surface area contributed by atoms with Crippen molar-refractivity contribution < 1.29 is 4.79 Å². The Kier molecular flexibility index (Phi) is 2.44. The SMILES string of the molecule is CC(C)C1=CC=C2NC(=O)CCC2C1. The molecule has 0 radical (unpaired) electrons.